The van der Waals surface area contributed by atoms with Gasteiger partial charge in [-0.2, -0.15) is 0 Å². The van der Waals surface area contributed by atoms with E-state index in [1.807, 2.05) is 0 Å². The molecule has 2 N–H and O–H groups in total. The second-order valence-electron chi connectivity index (χ2n) is 4.87. The van der Waals surface area contributed by atoms with Gasteiger partial charge in [0.15, 0.2) is 0 Å². The first-order chi connectivity index (χ1) is 6.70. The van der Waals surface area contributed by atoms with Crippen LogP contribution in [0.5, 0.6) is 0 Å². The van der Waals surface area contributed by atoms with E-state index in [9.17, 15) is 0 Å². The van der Waals surface area contributed by atoms with E-state index >= 15 is 0 Å². The van der Waals surface area contributed by atoms with Gasteiger partial charge in [-0.3, -0.25) is 4.90 Å². The minimum atomic E-state index is 0.606. The summed E-state index contributed by atoms with van der Waals surface area (Å²) in [4.78, 5) is 2.66. The van der Waals surface area contributed by atoms with Crippen molar-refractivity contribution in [1.82, 2.24) is 4.90 Å². The Hall–Kier alpha value is -0.0800. The number of rotatable bonds is 7. The summed E-state index contributed by atoms with van der Waals surface area (Å²) in [5, 5.41) is 0. The van der Waals surface area contributed by atoms with Crippen molar-refractivity contribution in [3.8, 4) is 0 Å². The summed E-state index contributed by atoms with van der Waals surface area (Å²) in [6.45, 7) is 8.91. The van der Waals surface area contributed by atoms with Crippen LogP contribution in [0.25, 0.3) is 0 Å². The van der Waals surface area contributed by atoms with Gasteiger partial charge in [0, 0.05) is 18.6 Å². The first-order valence-electron chi connectivity index (χ1n) is 6.16. The largest absolute Gasteiger partial charge is 0.329 e. The van der Waals surface area contributed by atoms with Gasteiger partial charge in [-0.25, -0.2) is 0 Å². The Morgan fingerprint density at radius 3 is 2.36 bits per heavy atom. The maximum Gasteiger partial charge on any atom is 0.0244 e. The molecular formula is C12H26N2. The SMILES string of the molecule is CCCCN(C1CC1)C(CN)C(C)C. The molecule has 0 amide bonds. The van der Waals surface area contributed by atoms with E-state index in [-0.39, 0.29) is 0 Å². The Morgan fingerprint density at radius 2 is 2.00 bits per heavy atom. The third-order valence-corrected chi connectivity index (χ3v) is 3.22. The second-order valence-corrected chi connectivity index (χ2v) is 4.87. The van der Waals surface area contributed by atoms with Crippen LogP contribution < -0.4 is 5.73 Å². The molecule has 1 rings (SSSR count). The van der Waals surface area contributed by atoms with Crippen molar-refractivity contribution in [1.29, 1.82) is 0 Å². The number of nitrogens with zero attached hydrogens (tertiary/aromatic N) is 1. The summed E-state index contributed by atoms with van der Waals surface area (Å²) >= 11 is 0. The van der Waals surface area contributed by atoms with E-state index in [0.717, 1.165) is 12.6 Å². The van der Waals surface area contributed by atoms with Gasteiger partial charge in [-0.1, -0.05) is 27.2 Å². The molecule has 1 fully saturated rings. The molecule has 0 spiro atoms. The van der Waals surface area contributed by atoms with Gasteiger partial charge in [0.05, 0.1) is 0 Å². The van der Waals surface area contributed by atoms with Crippen LogP contribution in [0.15, 0.2) is 0 Å². The van der Waals surface area contributed by atoms with Gasteiger partial charge in [-0.05, 0) is 31.7 Å². The highest BCUT2D eigenvalue weighted by Crippen LogP contribution is 2.30. The number of hydrogen-bond acceptors (Lipinski definition) is 2. The highest BCUT2D eigenvalue weighted by Gasteiger charge is 2.33. The zero-order chi connectivity index (χ0) is 10.6. The second kappa shape index (κ2) is 5.72. The van der Waals surface area contributed by atoms with Gasteiger partial charge < -0.3 is 5.73 Å². The Balaban J connectivity index is 2.45. The summed E-state index contributed by atoms with van der Waals surface area (Å²) in [6.07, 6.45) is 5.40. The lowest BCUT2D eigenvalue weighted by Crippen LogP contribution is -2.45. The molecule has 1 aliphatic carbocycles. The molecule has 0 aromatic rings. The summed E-state index contributed by atoms with van der Waals surface area (Å²) in [5.41, 5.74) is 5.87. The molecule has 0 saturated heterocycles. The van der Waals surface area contributed by atoms with Crippen LogP contribution in [-0.2, 0) is 0 Å². The number of unbranched alkanes of at least 4 members (excludes halogenated alkanes) is 1. The Morgan fingerprint density at radius 1 is 1.36 bits per heavy atom. The van der Waals surface area contributed by atoms with Crippen molar-refractivity contribution < 1.29 is 0 Å². The van der Waals surface area contributed by atoms with Crippen molar-refractivity contribution in [2.45, 2.75) is 58.5 Å². The van der Waals surface area contributed by atoms with Crippen molar-refractivity contribution in [2.24, 2.45) is 11.7 Å². The average Bonchev–Trinajstić information content (AvgIpc) is 2.94. The van der Waals surface area contributed by atoms with Crippen molar-refractivity contribution in [3.63, 3.8) is 0 Å². The van der Waals surface area contributed by atoms with Crippen LogP contribution in [0.3, 0.4) is 0 Å². The van der Waals surface area contributed by atoms with Crippen LogP contribution in [0.2, 0.25) is 0 Å². The minimum absolute atomic E-state index is 0.606. The molecule has 1 atom stereocenters. The highest BCUT2D eigenvalue weighted by molar-refractivity contribution is 4.90. The predicted molar refractivity (Wildman–Crippen MR) is 62.3 cm³/mol. The molecule has 0 heterocycles. The third-order valence-electron chi connectivity index (χ3n) is 3.22. The van der Waals surface area contributed by atoms with Crippen LogP contribution in [-0.4, -0.2) is 30.1 Å². The topological polar surface area (TPSA) is 29.3 Å². The molecule has 2 nitrogen and oxygen atoms in total. The van der Waals surface area contributed by atoms with E-state index in [4.69, 9.17) is 5.73 Å². The maximum atomic E-state index is 5.87. The number of hydrogen-bond donors (Lipinski definition) is 1. The summed E-state index contributed by atoms with van der Waals surface area (Å²) in [7, 11) is 0. The van der Waals surface area contributed by atoms with Gasteiger partial charge in [0.25, 0.3) is 0 Å². The number of nitrogens with two attached hydrogens (primary N) is 1. The van der Waals surface area contributed by atoms with E-state index < -0.39 is 0 Å². The molecule has 0 aromatic carbocycles. The highest BCUT2D eigenvalue weighted by atomic mass is 15.2. The van der Waals surface area contributed by atoms with Crippen LogP contribution in [0.4, 0.5) is 0 Å². The lowest BCUT2D eigenvalue weighted by Gasteiger charge is -2.33. The molecule has 1 unspecified atom stereocenters. The van der Waals surface area contributed by atoms with E-state index in [2.05, 4.69) is 25.7 Å². The quantitative estimate of drug-likeness (QED) is 0.680. The summed E-state index contributed by atoms with van der Waals surface area (Å²) in [6, 6.07) is 1.46. The summed E-state index contributed by atoms with van der Waals surface area (Å²) in [5.74, 6) is 0.692. The van der Waals surface area contributed by atoms with Gasteiger partial charge >= 0.3 is 0 Å². The first kappa shape index (κ1) is 12.0. The summed E-state index contributed by atoms with van der Waals surface area (Å²) < 4.78 is 0. The Bertz CT molecular complexity index is 152. The molecule has 14 heavy (non-hydrogen) atoms. The predicted octanol–water partition coefficient (Wildman–Crippen LogP) is 2.23. The van der Waals surface area contributed by atoms with Gasteiger partial charge in [-0.15, -0.1) is 0 Å². The van der Waals surface area contributed by atoms with E-state index in [0.29, 0.717) is 12.0 Å². The minimum Gasteiger partial charge on any atom is -0.329 e. The Labute approximate surface area is 88.8 Å². The lowest BCUT2D eigenvalue weighted by atomic mass is 10.0. The van der Waals surface area contributed by atoms with Crippen LogP contribution >= 0.6 is 0 Å². The molecule has 0 bridgehead atoms. The molecule has 84 valence electrons. The molecule has 0 radical (unpaired) electrons. The van der Waals surface area contributed by atoms with Crippen LogP contribution in [0.1, 0.15) is 46.5 Å². The maximum absolute atomic E-state index is 5.87. The lowest BCUT2D eigenvalue weighted by molar-refractivity contribution is 0.148. The van der Waals surface area contributed by atoms with Crippen molar-refractivity contribution in [3.05, 3.63) is 0 Å². The fourth-order valence-corrected chi connectivity index (χ4v) is 2.16. The zero-order valence-electron chi connectivity index (χ0n) is 10.00. The molecular weight excluding hydrogens is 172 g/mol. The van der Waals surface area contributed by atoms with E-state index in [1.165, 1.54) is 32.2 Å². The van der Waals surface area contributed by atoms with Gasteiger partial charge in [0.2, 0.25) is 0 Å². The van der Waals surface area contributed by atoms with Crippen molar-refractivity contribution in [2.75, 3.05) is 13.1 Å². The van der Waals surface area contributed by atoms with E-state index in [1.54, 1.807) is 0 Å². The third kappa shape index (κ3) is 3.25. The van der Waals surface area contributed by atoms with Crippen LogP contribution in [0, 0.1) is 5.92 Å². The van der Waals surface area contributed by atoms with Gasteiger partial charge in [0.1, 0.15) is 0 Å². The monoisotopic (exact) mass is 198 g/mol. The molecule has 0 aliphatic heterocycles. The first-order valence-corrected chi connectivity index (χ1v) is 6.16. The average molecular weight is 198 g/mol. The normalized spacial score (nSPS) is 19.3. The molecule has 1 aliphatic rings. The molecule has 0 aromatic heterocycles. The smallest absolute Gasteiger partial charge is 0.0244 e. The standard InChI is InChI=1S/C12H26N2/c1-4-5-8-14(11-6-7-11)12(9-13)10(2)3/h10-12H,4-9,13H2,1-3H3. The molecule has 1 saturated carbocycles. The Kier molecular flexibility index (Phi) is 4.90. The fraction of sp³-hybridized carbons (Fsp3) is 1.00. The fourth-order valence-electron chi connectivity index (χ4n) is 2.16. The van der Waals surface area contributed by atoms with Crippen molar-refractivity contribution >= 4 is 0 Å². The zero-order valence-corrected chi connectivity index (χ0v) is 10.00. The molecule has 2 heteroatoms.